The molecule has 0 aliphatic carbocycles. The molecule has 13 heteroatoms. The first-order valence-electron chi connectivity index (χ1n) is 8.32. The van der Waals surface area contributed by atoms with Crippen LogP contribution in [0.5, 0.6) is 0 Å². The summed E-state index contributed by atoms with van der Waals surface area (Å²) < 4.78 is 27.1. The van der Waals surface area contributed by atoms with E-state index >= 15 is 0 Å². The molecule has 0 amide bonds. The Morgan fingerprint density at radius 3 is 0.933 bits per heavy atom. The Balaban J connectivity index is -0.000000102. The van der Waals surface area contributed by atoms with Crippen molar-refractivity contribution < 1.29 is 54.0 Å². The van der Waals surface area contributed by atoms with Gasteiger partial charge in [0.2, 0.25) is 0 Å². The second-order valence-corrected chi connectivity index (χ2v) is 5.04. The molecule has 2 unspecified atom stereocenters. The van der Waals surface area contributed by atoms with Gasteiger partial charge in [-0.1, -0.05) is 0 Å². The largest absolute Gasteiger partial charge is 0.553 e. The minimum absolute atomic E-state index is 0. The molecule has 0 aliphatic heterocycles. The van der Waals surface area contributed by atoms with Gasteiger partial charge in [0, 0.05) is 26.4 Å². The number of aliphatic hydroxyl groups excluding tert-OH is 5. The Labute approximate surface area is 167 Å². The molecule has 0 saturated carbocycles. The van der Waals surface area contributed by atoms with E-state index < -0.39 is 18.3 Å². The summed E-state index contributed by atoms with van der Waals surface area (Å²) >= 11 is 0. The molecule has 0 aliphatic rings. The predicted molar refractivity (Wildman–Crippen MR) is 99.1 cm³/mol. The van der Waals surface area contributed by atoms with Crippen LogP contribution in [-0.2, 0) is 28.4 Å². The molecule has 0 radical (unpaired) electrons. The van der Waals surface area contributed by atoms with Gasteiger partial charge in [-0.2, -0.15) is 0 Å². The smallest absolute Gasteiger partial charge is 0.0976 e. The maximum absolute atomic E-state index is 8.90. The molecule has 2 atom stereocenters. The molecule has 0 heterocycles. The van der Waals surface area contributed by atoms with Gasteiger partial charge in [0.15, 0.2) is 0 Å². The molecular formula is C17H36O11Rf2-4. The number of rotatable bonds is 16. The molecule has 0 aromatic carbocycles. The topological polar surface area (TPSA) is 157 Å². The van der Waals surface area contributed by atoms with Crippen LogP contribution in [0.1, 0.15) is 0 Å². The fourth-order valence-corrected chi connectivity index (χ4v) is 1.26. The van der Waals surface area contributed by atoms with E-state index in [1.807, 2.05) is 0 Å². The van der Waals surface area contributed by atoms with Crippen molar-refractivity contribution in [2.75, 3.05) is 66.1 Å². The third-order valence-electron chi connectivity index (χ3n) is 2.33. The molecule has 0 aromatic rings. The van der Waals surface area contributed by atoms with Crippen LogP contribution >= 0.6 is 0 Å². The van der Waals surface area contributed by atoms with E-state index in [1.54, 1.807) is 0 Å². The number of hydrogen-bond donors (Lipinski definition) is 5. The Kier molecular flexibility index (Phi) is 43.4. The molecule has 5 N–H and O–H groups in total. The van der Waals surface area contributed by atoms with Crippen LogP contribution in [0.4, 0.5) is 0 Å². The van der Waals surface area contributed by atoms with Crippen molar-refractivity contribution in [3.63, 3.8) is 0 Å². The number of aliphatic hydroxyl groups is 5. The van der Waals surface area contributed by atoms with Gasteiger partial charge in [-0.15, -0.1) is 0 Å². The van der Waals surface area contributed by atoms with Gasteiger partial charge >= 0.3 is 0 Å². The van der Waals surface area contributed by atoms with Crippen molar-refractivity contribution in [3.8, 4) is 0 Å². The minimum Gasteiger partial charge on any atom is -0.553 e. The van der Waals surface area contributed by atoms with Crippen LogP contribution in [0.25, 0.3) is 0 Å². The van der Waals surface area contributed by atoms with E-state index in [0.29, 0.717) is 0 Å². The molecule has 0 bridgehead atoms. The average Bonchev–Trinajstić information content (AvgIpc) is 2.64. The van der Waals surface area contributed by atoms with Gasteiger partial charge in [-0.25, -0.2) is 28.4 Å². The third kappa shape index (κ3) is 40.3. The molecule has 0 fully saturated rings. The molecule has 11 nitrogen and oxygen atoms in total. The SMILES string of the molecule is [CH2-]OCC(O)COCCO.[CH2-]OCC(O)COCCO.[CH2-]OCC(O)CO[CH2-].[Rf].[Rf]. The van der Waals surface area contributed by atoms with Crippen LogP contribution in [0.2, 0.25) is 0 Å². The summed E-state index contributed by atoms with van der Waals surface area (Å²) in [4.78, 5) is 0. The maximum atomic E-state index is 8.90. The van der Waals surface area contributed by atoms with Gasteiger partial charge in [0.05, 0.1) is 58.0 Å². The second-order valence-electron chi connectivity index (χ2n) is 5.04. The summed E-state index contributed by atoms with van der Waals surface area (Å²) in [5, 5.41) is 43.0. The third-order valence-corrected chi connectivity index (χ3v) is 2.33. The second kappa shape index (κ2) is 34.1. The van der Waals surface area contributed by atoms with Crippen molar-refractivity contribution in [2.45, 2.75) is 18.3 Å². The number of ether oxygens (including phenoxy) is 6. The standard InChI is InChI=1S/2C6H13O4.C5H10O3.2Rf/c2*1-9-4-6(8)5-10-3-2-7;1-7-3-5(6)4-8-2;;/h2*6-8H,1-5H2;5-6H,1-4H2;;/q2*-1;-2;;. The molecule has 0 aromatic heterocycles. The molecule has 0 saturated heterocycles. The van der Waals surface area contributed by atoms with Gasteiger partial charge in [-0.05, 0) is 0 Å². The molecule has 178 valence electrons. The summed E-state index contributed by atoms with van der Waals surface area (Å²) in [7, 11) is 12.3. The van der Waals surface area contributed by atoms with Crippen molar-refractivity contribution >= 4 is 0 Å². The Hall–Kier alpha value is -2.44. The van der Waals surface area contributed by atoms with Gasteiger partial charge in [-0.3, -0.25) is 0 Å². The molecule has 0 spiro atoms. The fourth-order valence-electron chi connectivity index (χ4n) is 1.26. The summed E-state index contributed by atoms with van der Waals surface area (Å²) in [6.45, 7) is 1.48. The van der Waals surface area contributed by atoms with E-state index in [1.165, 1.54) is 0 Å². The summed E-state index contributed by atoms with van der Waals surface area (Å²) in [5.74, 6) is 0. The normalized spacial score (nSPS) is 11.8. The van der Waals surface area contributed by atoms with Crippen molar-refractivity contribution in [1.82, 2.24) is 0 Å². The van der Waals surface area contributed by atoms with Crippen LogP contribution in [-0.4, -0.2) is 110 Å². The first kappa shape index (κ1) is 38.2. The van der Waals surface area contributed by atoms with E-state index in [4.69, 9.17) is 35.0 Å². The van der Waals surface area contributed by atoms with Crippen molar-refractivity contribution in [2.24, 2.45) is 0 Å². The summed E-state index contributed by atoms with van der Waals surface area (Å²) in [5.41, 5.74) is 0. The van der Waals surface area contributed by atoms with Crippen molar-refractivity contribution in [1.29, 1.82) is 0 Å². The van der Waals surface area contributed by atoms with Crippen LogP contribution in [0.3, 0.4) is 0 Å². The molecular weight excluding hydrogens is 914 g/mol. The van der Waals surface area contributed by atoms with Gasteiger partial charge in [0.25, 0.3) is 0 Å². The van der Waals surface area contributed by atoms with Gasteiger partial charge < -0.3 is 54.0 Å². The first-order chi connectivity index (χ1) is 13.4. The summed E-state index contributed by atoms with van der Waals surface area (Å²) in [6, 6.07) is 0. The first-order valence-corrected chi connectivity index (χ1v) is 8.32. The zero-order valence-electron chi connectivity index (χ0n) is 17.7. The maximum Gasteiger partial charge on any atom is 0.0976 e. The Morgan fingerprint density at radius 1 is 0.500 bits per heavy atom. The molecule has 30 heavy (non-hydrogen) atoms. The quantitative estimate of drug-likeness (QED) is 0.0889. The zero-order chi connectivity index (χ0) is 22.0. The Morgan fingerprint density at radius 2 is 0.733 bits per heavy atom. The van der Waals surface area contributed by atoms with Crippen LogP contribution in [0, 0.1) is 28.4 Å². The monoisotopic (exact) mass is 950 g/mol. The molecule has 0 rings (SSSR count). The van der Waals surface area contributed by atoms with Crippen molar-refractivity contribution in [3.05, 3.63) is 28.4 Å². The van der Waals surface area contributed by atoms with Gasteiger partial charge in [0.1, 0.15) is 0 Å². The van der Waals surface area contributed by atoms with E-state index in [0.717, 1.165) is 0 Å². The van der Waals surface area contributed by atoms with E-state index in [2.05, 4.69) is 47.4 Å². The van der Waals surface area contributed by atoms with E-state index in [9.17, 15) is 0 Å². The average molecular weight is 950 g/mol. The Bertz CT molecular complexity index is 246. The summed E-state index contributed by atoms with van der Waals surface area (Å²) in [6.07, 6.45) is -1.90. The zero-order valence-corrected chi connectivity index (χ0v) is 30.5. The van der Waals surface area contributed by atoms with Crippen LogP contribution in [0.15, 0.2) is 0 Å². The predicted octanol–water partition coefficient (Wildman–Crippen LogP) is -1.71. The number of hydrogen-bond acceptors (Lipinski definition) is 11. The minimum atomic E-state index is -0.649. The fraction of sp³-hybridized carbons (Fsp3) is 0.765. The van der Waals surface area contributed by atoms with Crippen LogP contribution < -0.4 is 0 Å². The van der Waals surface area contributed by atoms with E-state index in [-0.39, 0.29) is 66.1 Å².